The minimum Gasteiger partial charge on any atom is -0.481 e. The van der Waals surface area contributed by atoms with Gasteiger partial charge in [-0.25, -0.2) is 4.98 Å². The van der Waals surface area contributed by atoms with Gasteiger partial charge in [0.1, 0.15) is 6.33 Å². The van der Waals surface area contributed by atoms with Gasteiger partial charge < -0.3 is 10.4 Å². The third-order valence-electron chi connectivity index (χ3n) is 2.64. The van der Waals surface area contributed by atoms with Gasteiger partial charge in [-0.2, -0.15) is 0 Å². The van der Waals surface area contributed by atoms with E-state index in [-0.39, 0.29) is 12.0 Å². The van der Waals surface area contributed by atoms with Crippen LogP contribution in [0.5, 0.6) is 0 Å². The van der Waals surface area contributed by atoms with Crippen LogP contribution < -0.4 is 5.32 Å². The molecule has 7 nitrogen and oxygen atoms in total. The lowest BCUT2D eigenvalue weighted by atomic mass is 9.98. The Morgan fingerprint density at radius 1 is 1.56 bits per heavy atom. The van der Waals surface area contributed by atoms with Crippen LogP contribution >= 0.6 is 0 Å². The van der Waals surface area contributed by atoms with Crippen molar-refractivity contribution in [1.29, 1.82) is 0 Å². The van der Waals surface area contributed by atoms with E-state index in [0.29, 0.717) is 17.9 Å². The second-order valence-electron chi connectivity index (χ2n) is 4.74. The molecule has 0 saturated heterocycles. The fraction of sp³-hybridized carbons (Fsp3) is 0.455. The molecular formula is C11H15N5O2. The quantitative estimate of drug-likeness (QED) is 0.826. The monoisotopic (exact) mass is 249 g/mol. The molecule has 0 aromatic carbocycles. The Kier molecular flexibility index (Phi) is 3.14. The minimum absolute atomic E-state index is 0.107. The zero-order valence-corrected chi connectivity index (χ0v) is 10.3. The maximum atomic E-state index is 10.6. The summed E-state index contributed by atoms with van der Waals surface area (Å²) in [5.41, 5.74) is 0.250. The van der Waals surface area contributed by atoms with Crippen molar-refractivity contribution in [3.63, 3.8) is 0 Å². The number of hydrogen-bond donors (Lipinski definition) is 2. The third-order valence-corrected chi connectivity index (χ3v) is 2.64. The summed E-state index contributed by atoms with van der Waals surface area (Å²) >= 11 is 0. The molecule has 0 aliphatic heterocycles. The van der Waals surface area contributed by atoms with Gasteiger partial charge in [-0.15, -0.1) is 10.2 Å². The number of nitrogens with zero attached hydrogens (tertiary/aromatic N) is 4. The van der Waals surface area contributed by atoms with E-state index in [2.05, 4.69) is 20.5 Å². The summed E-state index contributed by atoms with van der Waals surface area (Å²) in [6, 6.07) is 0. The average molecular weight is 249 g/mol. The van der Waals surface area contributed by atoms with Gasteiger partial charge in [0.25, 0.3) is 0 Å². The number of carboxylic acids is 1. The van der Waals surface area contributed by atoms with Crippen LogP contribution in [0.1, 0.15) is 26.7 Å². The minimum atomic E-state index is -0.807. The van der Waals surface area contributed by atoms with E-state index < -0.39 is 5.97 Å². The molecule has 0 radical (unpaired) electrons. The maximum absolute atomic E-state index is 10.6. The van der Waals surface area contributed by atoms with Gasteiger partial charge in [0.2, 0.25) is 5.65 Å². The van der Waals surface area contributed by atoms with Crippen LogP contribution in [0.15, 0.2) is 18.7 Å². The van der Waals surface area contributed by atoms with Crippen LogP contribution in [0.4, 0.5) is 5.82 Å². The van der Waals surface area contributed by atoms with E-state index >= 15 is 0 Å². The Morgan fingerprint density at radius 2 is 2.33 bits per heavy atom. The van der Waals surface area contributed by atoms with Crippen LogP contribution in [0.3, 0.4) is 0 Å². The summed E-state index contributed by atoms with van der Waals surface area (Å²) in [7, 11) is 0. The van der Waals surface area contributed by atoms with E-state index in [1.54, 1.807) is 23.1 Å². The third kappa shape index (κ3) is 2.73. The highest BCUT2D eigenvalue weighted by molar-refractivity contribution is 5.67. The summed E-state index contributed by atoms with van der Waals surface area (Å²) in [6.07, 6.45) is 5.60. The molecule has 0 unspecified atom stereocenters. The first-order valence-corrected chi connectivity index (χ1v) is 5.62. The standard InChI is InChI=1S/C11H15N5O2/c1-11(2,4-3-8(17)18)14-9-10-15-13-7-16(10)6-5-12-9/h5-7H,3-4H2,1-2H3,(H,12,14)(H,17,18). The highest BCUT2D eigenvalue weighted by Gasteiger charge is 2.21. The molecule has 0 saturated carbocycles. The lowest BCUT2D eigenvalue weighted by Gasteiger charge is -2.26. The fourth-order valence-electron chi connectivity index (χ4n) is 1.65. The van der Waals surface area contributed by atoms with E-state index in [0.717, 1.165) is 0 Å². The van der Waals surface area contributed by atoms with Gasteiger partial charge in [-0.05, 0) is 20.3 Å². The lowest BCUT2D eigenvalue weighted by molar-refractivity contribution is -0.137. The van der Waals surface area contributed by atoms with Crippen molar-refractivity contribution in [3.05, 3.63) is 18.7 Å². The van der Waals surface area contributed by atoms with Crippen molar-refractivity contribution >= 4 is 17.4 Å². The molecule has 96 valence electrons. The summed E-state index contributed by atoms with van der Waals surface area (Å²) in [6.45, 7) is 3.86. The van der Waals surface area contributed by atoms with Crippen LogP contribution in [0, 0.1) is 0 Å². The lowest BCUT2D eigenvalue weighted by Crippen LogP contribution is -2.32. The first-order chi connectivity index (χ1) is 8.48. The van der Waals surface area contributed by atoms with Crippen molar-refractivity contribution in [2.45, 2.75) is 32.2 Å². The molecule has 0 aliphatic rings. The predicted octanol–water partition coefficient (Wildman–Crippen LogP) is 1.18. The maximum Gasteiger partial charge on any atom is 0.303 e. The number of rotatable bonds is 5. The zero-order chi connectivity index (χ0) is 13.2. The molecule has 0 bridgehead atoms. The molecule has 2 aromatic heterocycles. The summed E-state index contributed by atoms with van der Waals surface area (Å²) in [4.78, 5) is 14.8. The molecule has 18 heavy (non-hydrogen) atoms. The molecule has 0 aliphatic carbocycles. The smallest absolute Gasteiger partial charge is 0.303 e. The Balaban J connectivity index is 2.17. The number of aromatic nitrogens is 4. The SMILES string of the molecule is CC(C)(CCC(=O)O)Nc1nccn2cnnc12. The highest BCUT2D eigenvalue weighted by Crippen LogP contribution is 2.20. The molecule has 0 amide bonds. The average Bonchev–Trinajstić information content (AvgIpc) is 2.75. The van der Waals surface area contributed by atoms with Crippen LogP contribution in [0.2, 0.25) is 0 Å². The van der Waals surface area contributed by atoms with Gasteiger partial charge in [0.05, 0.1) is 0 Å². The predicted molar refractivity (Wildman–Crippen MR) is 65.4 cm³/mol. The zero-order valence-electron chi connectivity index (χ0n) is 10.3. The number of aliphatic carboxylic acids is 1. The van der Waals surface area contributed by atoms with E-state index in [9.17, 15) is 4.79 Å². The molecule has 2 aromatic rings. The first-order valence-electron chi connectivity index (χ1n) is 5.62. The Hall–Kier alpha value is -2.18. The molecule has 7 heteroatoms. The van der Waals surface area contributed by atoms with Crippen molar-refractivity contribution in [3.8, 4) is 0 Å². The van der Waals surface area contributed by atoms with E-state index in [1.165, 1.54) is 0 Å². The van der Waals surface area contributed by atoms with E-state index in [4.69, 9.17) is 5.11 Å². The molecule has 0 atom stereocenters. The normalized spacial score (nSPS) is 11.7. The van der Waals surface area contributed by atoms with Crippen LogP contribution in [0.25, 0.3) is 5.65 Å². The van der Waals surface area contributed by atoms with Crippen LogP contribution in [-0.2, 0) is 4.79 Å². The van der Waals surface area contributed by atoms with Crippen molar-refractivity contribution < 1.29 is 9.90 Å². The summed E-state index contributed by atoms with van der Waals surface area (Å²) in [5, 5.41) is 19.7. The molecular weight excluding hydrogens is 234 g/mol. The highest BCUT2D eigenvalue weighted by atomic mass is 16.4. The number of hydrogen-bond acceptors (Lipinski definition) is 5. The number of carboxylic acid groups (broad SMARTS) is 1. The van der Waals surface area contributed by atoms with Gasteiger partial charge in [0, 0.05) is 24.4 Å². The topological polar surface area (TPSA) is 92.4 Å². The Morgan fingerprint density at radius 3 is 3.06 bits per heavy atom. The van der Waals surface area contributed by atoms with Crippen molar-refractivity contribution in [1.82, 2.24) is 19.6 Å². The molecule has 0 spiro atoms. The fourth-order valence-corrected chi connectivity index (χ4v) is 1.65. The Bertz CT molecular complexity index is 563. The molecule has 2 rings (SSSR count). The molecule has 0 fully saturated rings. The van der Waals surface area contributed by atoms with Crippen molar-refractivity contribution in [2.75, 3.05) is 5.32 Å². The number of nitrogens with one attached hydrogen (secondary N) is 1. The first kappa shape index (κ1) is 12.3. The summed E-state index contributed by atoms with van der Waals surface area (Å²) < 4.78 is 1.75. The number of carbonyl (C=O) groups is 1. The van der Waals surface area contributed by atoms with Gasteiger partial charge in [0.15, 0.2) is 5.82 Å². The number of anilines is 1. The van der Waals surface area contributed by atoms with Gasteiger partial charge in [-0.3, -0.25) is 9.20 Å². The largest absolute Gasteiger partial charge is 0.481 e. The van der Waals surface area contributed by atoms with Gasteiger partial charge in [-0.1, -0.05) is 0 Å². The number of fused-ring (bicyclic) bond motifs is 1. The van der Waals surface area contributed by atoms with Crippen molar-refractivity contribution in [2.24, 2.45) is 0 Å². The second kappa shape index (κ2) is 4.59. The van der Waals surface area contributed by atoms with E-state index in [1.807, 2.05) is 13.8 Å². The summed E-state index contributed by atoms with van der Waals surface area (Å²) in [5.74, 6) is -0.205. The Labute approximate surface area is 104 Å². The molecule has 2 N–H and O–H groups in total. The van der Waals surface area contributed by atoms with Gasteiger partial charge >= 0.3 is 5.97 Å². The molecule has 2 heterocycles. The second-order valence-corrected chi connectivity index (χ2v) is 4.74. The van der Waals surface area contributed by atoms with Crippen LogP contribution in [-0.4, -0.2) is 36.2 Å².